The zero-order chi connectivity index (χ0) is 14.8. The van der Waals surface area contributed by atoms with Crippen molar-refractivity contribution >= 4 is 29.1 Å². The average molecular weight is 305 g/mol. The number of hydrogen-bond donors (Lipinski definition) is 3. The van der Waals surface area contributed by atoms with E-state index in [1.807, 2.05) is 12.3 Å². The maximum Gasteiger partial charge on any atom is 0.318 e. The summed E-state index contributed by atoms with van der Waals surface area (Å²) >= 11 is 1.47. The second kappa shape index (κ2) is 5.57. The Morgan fingerprint density at radius 3 is 3.05 bits per heavy atom. The number of H-pyrrole nitrogens is 1. The van der Waals surface area contributed by atoms with Crippen molar-refractivity contribution in [2.75, 3.05) is 11.9 Å². The minimum atomic E-state index is -0.181. The maximum atomic E-state index is 12.0. The van der Waals surface area contributed by atoms with Gasteiger partial charge in [-0.05, 0) is 18.4 Å². The molecule has 0 radical (unpaired) electrons. The summed E-state index contributed by atoms with van der Waals surface area (Å²) in [5, 5.41) is 16.2. The monoisotopic (exact) mass is 305 g/mol. The fourth-order valence-corrected chi connectivity index (χ4v) is 2.86. The first kappa shape index (κ1) is 13.6. The van der Waals surface area contributed by atoms with Gasteiger partial charge in [0.2, 0.25) is 0 Å². The number of urea groups is 1. The summed E-state index contributed by atoms with van der Waals surface area (Å²) in [6.07, 6.45) is 0. The molecule has 0 bridgehead atoms. The fraction of sp³-hybridized carbons (Fsp3) is 0.308. The first-order chi connectivity index (χ1) is 10.2. The number of nitrogens with one attached hydrogen (secondary N) is 3. The van der Waals surface area contributed by atoms with Gasteiger partial charge in [-0.25, -0.2) is 4.79 Å². The van der Waals surface area contributed by atoms with Crippen LogP contribution in [0, 0.1) is 0 Å². The number of fused-ring (bicyclic) bond motifs is 1. The number of nitrogens with zero attached hydrogens (tertiary/aromatic N) is 2. The lowest BCUT2D eigenvalue weighted by atomic mass is 10.2. The van der Waals surface area contributed by atoms with Gasteiger partial charge in [-0.2, -0.15) is 16.4 Å². The molecule has 8 heteroatoms. The summed E-state index contributed by atoms with van der Waals surface area (Å²) in [7, 11) is 0. The molecule has 21 heavy (non-hydrogen) atoms. The maximum absolute atomic E-state index is 12.0. The predicted octanol–water partition coefficient (Wildman–Crippen LogP) is 1.77. The number of carbonyl (C=O) groups excluding carboxylic acids is 2. The van der Waals surface area contributed by atoms with E-state index in [9.17, 15) is 9.59 Å². The zero-order valence-corrected chi connectivity index (χ0v) is 12.3. The van der Waals surface area contributed by atoms with E-state index < -0.39 is 0 Å². The van der Waals surface area contributed by atoms with Gasteiger partial charge in [-0.1, -0.05) is 0 Å². The number of rotatable bonds is 3. The quantitative estimate of drug-likeness (QED) is 0.807. The number of carbonyl (C=O) groups is 2. The average Bonchev–Trinajstić information content (AvgIpc) is 3.16. The summed E-state index contributed by atoms with van der Waals surface area (Å²) in [5.74, 6) is 0.382. The standard InChI is InChI=1S/C13H15N5O2S/c1-2-14-13(20)18-5-9-10(6-18)16-17-11(9)15-12(19)8-3-4-21-7-8/h3-4,7H,2,5-6H2,1H3,(H,14,20)(H2,15,16,17,19). The van der Waals surface area contributed by atoms with Crippen LogP contribution in [0.5, 0.6) is 0 Å². The van der Waals surface area contributed by atoms with Gasteiger partial charge < -0.3 is 15.5 Å². The van der Waals surface area contributed by atoms with E-state index in [1.54, 1.807) is 16.3 Å². The molecular formula is C13H15N5O2S. The molecule has 0 unspecified atom stereocenters. The molecule has 110 valence electrons. The number of aromatic amines is 1. The van der Waals surface area contributed by atoms with Crippen molar-refractivity contribution in [1.82, 2.24) is 20.4 Å². The summed E-state index contributed by atoms with van der Waals surface area (Å²) < 4.78 is 0. The molecule has 0 aromatic carbocycles. The highest BCUT2D eigenvalue weighted by Gasteiger charge is 2.28. The highest BCUT2D eigenvalue weighted by atomic mass is 32.1. The summed E-state index contributed by atoms with van der Waals surface area (Å²) in [4.78, 5) is 25.5. The van der Waals surface area contributed by atoms with Crippen molar-refractivity contribution in [2.45, 2.75) is 20.0 Å². The minimum Gasteiger partial charge on any atom is -0.338 e. The van der Waals surface area contributed by atoms with Crippen molar-refractivity contribution in [3.8, 4) is 0 Å². The number of amides is 3. The molecule has 0 aliphatic carbocycles. The van der Waals surface area contributed by atoms with Gasteiger partial charge in [0.25, 0.3) is 5.91 Å². The van der Waals surface area contributed by atoms with Gasteiger partial charge in [0, 0.05) is 17.5 Å². The normalized spacial score (nSPS) is 13.1. The Morgan fingerprint density at radius 2 is 2.33 bits per heavy atom. The number of thiophene rings is 1. The van der Waals surface area contributed by atoms with E-state index in [1.165, 1.54) is 11.3 Å². The zero-order valence-electron chi connectivity index (χ0n) is 11.5. The van der Waals surface area contributed by atoms with Gasteiger partial charge in [-0.15, -0.1) is 0 Å². The summed E-state index contributed by atoms with van der Waals surface area (Å²) in [5.41, 5.74) is 2.27. The van der Waals surface area contributed by atoms with Crippen molar-refractivity contribution in [1.29, 1.82) is 0 Å². The second-order valence-electron chi connectivity index (χ2n) is 4.68. The van der Waals surface area contributed by atoms with E-state index in [0.29, 0.717) is 31.0 Å². The molecule has 3 heterocycles. The molecule has 3 rings (SSSR count). The number of hydrogen-bond acceptors (Lipinski definition) is 4. The third-order valence-electron chi connectivity index (χ3n) is 3.28. The fourth-order valence-electron chi connectivity index (χ4n) is 2.22. The van der Waals surface area contributed by atoms with Gasteiger partial charge in [0.1, 0.15) is 5.82 Å². The van der Waals surface area contributed by atoms with Gasteiger partial charge in [0.05, 0.1) is 24.3 Å². The lowest BCUT2D eigenvalue weighted by Gasteiger charge is -2.15. The van der Waals surface area contributed by atoms with E-state index in [0.717, 1.165) is 11.3 Å². The highest BCUT2D eigenvalue weighted by Crippen LogP contribution is 2.27. The summed E-state index contributed by atoms with van der Waals surface area (Å²) in [6.45, 7) is 3.35. The molecule has 1 aliphatic rings. The lowest BCUT2D eigenvalue weighted by Crippen LogP contribution is -2.36. The van der Waals surface area contributed by atoms with Crippen LogP contribution >= 0.6 is 11.3 Å². The number of anilines is 1. The minimum absolute atomic E-state index is 0.120. The smallest absolute Gasteiger partial charge is 0.318 e. The van der Waals surface area contributed by atoms with Gasteiger partial charge in [-0.3, -0.25) is 9.89 Å². The third-order valence-corrected chi connectivity index (χ3v) is 3.96. The van der Waals surface area contributed by atoms with E-state index in [-0.39, 0.29) is 11.9 Å². The SMILES string of the molecule is CCNC(=O)N1Cc2n[nH]c(NC(=O)c3ccsc3)c2C1. The Labute approximate surface area is 125 Å². The molecule has 2 aromatic rings. The van der Waals surface area contributed by atoms with Crippen LogP contribution in [0.4, 0.5) is 10.6 Å². The molecule has 0 saturated carbocycles. The first-order valence-electron chi connectivity index (χ1n) is 6.61. The number of aromatic nitrogens is 2. The third kappa shape index (κ3) is 2.62. The predicted molar refractivity (Wildman–Crippen MR) is 79.2 cm³/mol. The Hall–Kier alpha value is -2.35. The van der Waals surface area contributed by atoms with Crippen LogP contribution in [-0.4, -0.2) is 33.6 Å². The van der Waals surface area contributed by atoms with Crippen LogP contribution in [0.2, 0.25) is 0 Å². The Bertz CT molecular complexity index is 664. The molecule has 2 aromatic heterocycles. The van der Waals surface area contributed by atoms with Gasteiger partial charge in [0.15, 0.2) is 0 Å². The molecule has 0 fully saturated rings. The van der Waals surface area contributed by atoms with E-state index in [2.05, 4.69) is 20.8 Å². The van der Waals surface area contributed by atoms with Crippen molar-refractivity contribution < 1.29 is 9.59 Å². The summed E-state index contributed by atoms with van der Waals surface area (Å²) in [6, 6.07) is 1.64. The van der Waals surface area contributed by atoms with Crippen LogP contribution in [0.25, 0.3) is 0 Å². The first-order valence-corrected chi connectivity index (χ1v) is 7.55. The molecule has 1 aliphatic heterocycles. The molecule has 0 spiro atoms. The van der Waals surface area contributed by atoms with Crippen molar-refractivity contribution in [2.24, 2.45) is 0 Å². The largest absolute Gasteiger partial charge is 0.338 e. The second-order valence-corrected chi connectivity index (χ2v) is 5.46. The van der Waals surface area contributed by atoms with Crippen molar-refractivity contribution in [3.63, 3.8) is 0 Å². The van der Waals surface area contributed by atoms with Crippen LogP contribution in [0.3, 0.4) is 0 Å². The van der Waals surface area contributed by atoms with Gasteiger partial charge >= 0.3 is 6.03 Å². The van der Waals surface area contributed by atoms with E-state index >= 15 is 0 Å². The lowest BCUT2D eigenvalue weighted by molar-refractivity contribution is 0.102. The molecule has 0 atom stereocenters. The topological polar surface area (TPSA) is 90.1 Å². The molecule has 7 nitrogen and oxygen atoms in total. The van der Waals surface area contributed by atoms with Crippen LogP contribution in [0.15, 0.2) is 16.8 Å². The molecule has 0 saturated heterocycles. The van der Waals surface area contributed by atoms with Crippen molar-refractivity contribution in [3.05, 3.63) is 33.6 Å². The Balaban J connectivity index is 1.71. The van der Waals surface area contributed by atoms with Crippen LogP contribution in [-0.2, 0) is 13.1 Å². The molecule has 3 amide bonds. The van der Waals surface area contributed by atoms with E-state index in [4.69, 9.17) is 0 Å². The molecular weight excluding hydrogens is 290 g/mol. The Kier molecular flexibility index (Phi) is 3.61. The highest BCUT2D eigenvalue weighted by molar-refractivity contribution is 7.08. The molecule has 3 N–H and O–H groups in total. The Morgan fingerprint density at radius 1 is 1.48 bits per heavy atom. The van der Waals surface area contributed by atoms with Crippen LogP contribution in [0.1, 0.15) is 28.5 Å². The van der Waals surface area contributed by atoms with Crippen LogP contribution < -0.4 is 10.6 Å².